The van der Waals surface area contributed by atoms with E-state index in [9.17, 15) is 23.8 Å². The van der Waals surface area contributed by atoms with E-state index in [1.165, 1.54) is 135 Å². The normalized spacial score (nSPS) is 13.9. The third-order valence-corrected chi connectivity index (χ3v) is 11.3. The molecule has 0 aromatic carbocycles. The highest BCUT2D eigenvalue weighted by atomic mass is 31.2. The standard InChI is InChI=1S/C48H88NO10P/c1-3-5-7-9-11-13-15-17-19-21-22-24-25-27-29-31-33-35-37-39-46(50)56-41-44(42-57-60(54,55)58-43-45(49)48(52)53)59-47(51)40-38-36-34-32-30-28-26-23-20-18-16-14-12-10-8-6-4-2/h18,20,26,28,32,34,44-45H,3-17,19,21-25,27,29-31,33,35-43,49H2,1-2H3,(H,52,53)(H,54,55)/b20-18-,28-26-,34-32-/t44-,45+/m1/s1. The van der Waals surface area contributed by atoms with Crippen LogP contribution >= 0.6 is 7.82 Å². The molecule has 350 valence electrons. The van der Waals surface area contributed by atoms with E-state index in [1.54, 1.807) is 0 Å². The summed E-state index contributed by atoms with van der Waals surface area (Å²) < 4.78 is 32.7. The molecule has 60 heavy (non-hydrogen) atoms. The molecular weight excluding hydrogens is 781 g/mol. The molecule has 4 N–H and O–H groups in total. The molecular formula is C48H88NO10P. The Hall–Kier alpha value is -2.30. The number of carbonyl (C=O) groups excluding carboxylic acids is 2. The molecule has 0 aliphatic heterocycles. The van der Waals surface area contributed by atoms with Crippen LogP contribution in [0, 0.1) is 0 Å². The predicted octanol–water partition coefficient (Wildman–Crippen LogP) is 13.2. The molecule has 0 spiro atoms. The van der Waals surface area contributed by atoms with Crippen LogP contribution < -0.4 is 5.73 Å². The van der Waals surface area contributed by atoms with Gasteiger partial charge in [0.05, 0.1) is 13.2 Å². The summed E-state index contributed by atoms with van der Waals surface area (Å²) in [6.45, 7) is 2.78. The van der Waals surface area contributed by atoms with Gasteiger partial charge in [-0.3, -0.25) is 23.4 Å². The molecule has 0 saturated heterocycles. The minimum atomic E-state index is -4.73. The summed E-state index contributed by atoms with van der Waals surface area (Å²) in [5.41, 5.74) is 5.34. The van der Waals surface area contributed by atoms with Gasteiger partial charge in [0, 0.05) is 12.8 Å². The van der Waals surface area contributed by atoms with Crippen LogP contribution in [0.5, 0.6) is 0 Å². The second-order valence-corrected chi connectivity index (χ2v) is 17.7. The van der Waals surface area contributed by atoms with Gasteiger partial charge in [-0.15, -0.1) is 0 Å². The first kappa shape index (κ1) is 57.7. The van der Waals surface area contributed by atoms with Gasteiger partial charge in [-0.2, -0.15) is 0 Å². The largest absolute Gasteiger partial charge is 0.480 e. The molecule has 0 rings (SSSR count). The van der Waals surface area contributed by atoms with Crippen molar-refractivity contribution in [2.75, 3.05) is 19.8 Å². The average Bonchev–Trinajstić information content (AvgIpc) is 3.22. The Morgan fingerprint density at radius 2 is 0.900 bits per heavy atom. The molecule has 0 bridgehead atoms. The first-order valence-electron chi connectivity index (χ1n) is 24.0. The van der Waals surface area contributed by atoms with E-state index in [2.05, 4.69) is 42.7 Å². The minimum absolute atomic E-state index is 0.0914. The highest BCUT2D eigenvalue weighted by Crippen LogP contribution is 2.43. The van der Waals surface area contributed by atoms with Gasteiger partial charge < -0.3 is 25.2 Å². The summed E-state index contributed by atoms with van der Waals surface area (Å²) >= 11 is 0. The van der Waals surface area contributed by atoms with E-state index in [-0.39, 0.29) is 19.4 Å². The van der Waals surface area contributed by atoms with Crippen LogP contribution in [0.3, 0.4) is 0 Å². The fourth-order valence-electron chi connectivity index (χ4n) is 6.61. The predicted molar refractivity (Wildman–Crippen MR) is 245 cm³/mol. The number of aliphatic carboxylic acids is 1. The van der Waals surface area contributed by atoms with Crippen molar-refractivity contribution < 1.29 is 47.5 Å². The van der Waals surface area contributed by atoms with Gasteiger partial charge in [-0.05, 0) is 44.9 Å². The molecule has 0 fully saturated rings. The molecule has 11 nitrogen and oxygen atoms in total. The molecule has 1 unspecified atom stereocenters. The van der Waals surface area contributed by atoms with Gasteiger partial charge in [0.2, 0.25) is 0 Å². The zero-order valence-electron chi connectivity index (χ0n) is 38.1. The molecule has 0 saturated carbocycles. The topological polar surface area (TPSA) is 172 Å². The first-order chi connectivity index (χ1) is 29.1. The maximum Gasteiger partial charge on any atom is 0.472 e. The zero-order chi connectivity index (χ0) is 44.2. The quantitative estimate of drug-likeness (QED) is 0.0230. The maximum absolute atomic E-state index is 12.6. The van der Waals surface area contributed by atoms with Crippen LogP contribution in [0.15, 0.2) is 36.5 Å². The molecule has 12 heteroatoms. The number of hydrogen-bond donors (Lipinski definition) is 3. The van der Waals surface area contributed by atoms with E-state index < -0.39 is 51.1 Å². The second kappa shape index (κ2) is 43.4. The molecule has 0 aromatic rings. The van der Waals surface area contributed by atoms with E-state index in [4.69, 9.17) is 24.8 Å². The van der Waals surface area contributed by atoms with Crippen LogP contribution in [-0.4, -0.2) is 59.9 Å². The van der Waals surface area contributed by atoms with Gasteiger partial charge in [-0.25, -0.2) is 4.57 Å². The summed E-state index contributed by atoms with van der Waals surface area (Å²) in [6, 6.07) is -1.53. The molecule has 0 aromatic heterocycles. The number of hydrogen-bond acceptors (Lipinski definition) is 9. The number of phosphoric ester groups is 1. The lowest BCUT2D eigenvalue weighted by Crippen LogP contribution is -2.34. The number of allylic oxidation sites excluding steroid dienone is 6. The van der Waals surface area contributed by atoms with Crippen molar-refractivity contribution in [2.45, 2.75) is 231 Å². The number of phosphoric acid groups is 1. The minimum Gasteiger partial charge on any atom is -0.480 e. The molecule has 0 heterocycles. The number of rotatable bonds is 45. The summed E-state index contributed by atoms with van der Waals surface area (Å²) in [5.74, 6) is -2.44. The molecule has 0 radical (unpaired) electrons. The third kappa shape index (κ3) is 42.4. The summed E-state index contributed by atoms with van der Waals surface area (Å²) in [6.07, 6.45) is 47.9. The number of unbranched alkanes of at least 4 members (excludes halogenated alkanes) is 25. The highest BCUT2D eigenvalue weighted by molar-refractivity contribution is 7.47. The van der Waals surface area contributed by atoms with Gasteiger partial charge in [0.1, 0.15) is 12.6 Å². The van der Waals surface area contributed by atoms with Crippen LogP contribution in [0.4, 0.5) is 0 Å². The van der Waals surface area contributed by atoms with Crippen LogP contribution in [0.1, 0.15) is 219 Å². The zero-order valence-corrected chi connectivity index (χ0v) is 38.9. The van der Waals surface area contributed by atoms with Crippen LogP contribution in [-0.2, 0) is 37.5 Å². The highest BCUT2D eigenvalue weighted by Gasteiger charge is 2.28. The van der Waals surface area contributed by atoms with E-state index in [0.717, 1.165) is 38.5 Å². The monoisotopic (exact) mass is 870 g/mol. The molecule has 0 amide bonds. The Kier molecular flexibility index (Phi) is 41.7. The Labute approximate surface area is 365 Å². The van der Waals surface area contributed by atoms with Crippen molar-refractivity contribution in [3.63, 3.8) is 0 Å². The number of carboxylic acids is 1. The van der Waals surface area contributed by atoms with Crippen molar-refractivity contribution >= 4 is 25.7 Å². The lowest BCUT2D eigenvalue weighted by atomic mass is 10.0. The van der Waals surface area contributed by atoms with Crippen molar-refractivity contribution in [3.05, 3.63) is 36.5 Å². The molecule has 3 atom stereocenters. The van der Waals surface area contributed by atoms with Crippen molar-refractivity contribution in [2.24, 2.45) is 5.73 Å². The SMILES string of the molecule is CCCCCCCC/C=C\C/C=C\C/C=C\CCCC(=O)O[C@H](COC(=O)CCCCCCCCCCCCCCCCCCCCC)COP(=O)(O)OC[C@H](N)C(=O)O. The Morgan fingerprint density at radius 1 is 0.517 bits per heavy atom. The van der Waals surface area contributed by atoms with E-state index >= 15 is 0 Å². The Morgan fingerprint density at radius 3 is 1.37 bits per heavy atom. The smallest absolute Gasteiger partial charge is 0.472 e. The number of carboxylic acid groups (broad SMARTS) is 1. The summed E-state index contributed by atoms with van der Waals surface area (Å²) in [5, 5.41) is 8.90. The number of carbonyl (C=O) groups is 3. The average molecular weight is 870 g/mol. The maximum atomic E-state index is 12.6. The lowest BCUT2D eigenvalue weighted by Gasteiger charge is -2.20. The molecule has 0 aliphatic carbocycles. The van der Waals surface area contributed by atoms with Gasteiger partial charge in [0.25, 0.3) is 0 Å². The summed E-state index contributed by atoms with van der Waals surface area (Å²) in [4.78, 5) is 46.0. The molecule has 0 aliphatic rings. The van der Waals surface area contributed by atoms with Crippen LogP contribution in [0.25, 0.3) is 0 Å². The number of ether oxygens (including phenoxy) is 2. The number of nitrogens with two attached hydrogens (primary N) is 1. The van der Waals surface area contributed by atoms with Crippen LogP contribution in [0.2, 0.25) is 0 Å². The van der Waals surface area contributed by atoms with Gasteiger partial charge >= 0.3 is 25.7 Å². The third-order valence-electron chi connectivity index (χ3n) is 10.4. The van der Waals surface area contributed by atoms with Crippen molar-refractivity contribution in [1.82, 2.24) is 0 Å². The van der Waals surface area contributed by atoms with Crippen molar-refractivity contribution in [1.29, 1.82) is 0 Å². The fourth-order valence-corrected chi connectivity index (χ4v) is 7.39. The second-order valence-electron chi connectivity index (χ2n) is 16.2. The first-order valence-corrected chi connectivity index (χ1v) is 25.5. The van der Waals surface area contributed by atoms with E-state index in [0.29, 0.717) is 19.3 Å². The lowest BCUT2D eigenvalue weighted by molar-refractivity contribution is -0.161. The van der Waals surface area contributed by atoms with Gasteiger partial charge in [0.15, 0.2) is 6.10 Å². The Bertz CT molecular complexity index is 1160. The van der Waals surface area contributed by atoms with Crippen molar-refractivity contribution in [3.8, 4) is 0 Å². The summed E-state index contributed by atoms with van der Waals surface area (Å²) in [7, 11) is -4.73. The number of esters is 2. The Balaban J connectivity index is 4.34. The fraction of sp³-hybridized carbons (Fsp3) is 0.812. The van der Waals surface area contributed by atoms with E-state index in [1.807, 2.05) is 12.2 Å². The van der Waals surface area contributed by atoms with Gasteiger partial charge in [-0.1, -0.05) is 198 Å².